The van der Waals surface area contributed by atoms with Crippen molar-refractivity contribution in [3.8, 4) is 0 Å². The fourth-order valence-electron chi connectivity index (χ4n) is 0.192. The van der Waals surface area contributed by atoms with Gasteiger partial charge in [-0.05, 0) is 0 Å². The average molecular weight is 233 g/mol. The average Bonchev–Trinajstić information content (AvgIpc) is 1.14. The van der Waals surface area contributed by atoms with Crippen molar-refractivity contribution in [2.75, 3.05) is 5.90 Å². The molecule has 56 valence electrons. The highest BCUT2D eigenvalue weighted by Gasteiger charge is 2.27. The highest BCUT2D eigenvalue weighted by Crippen LogP contribution is 2.69. The third kappa shape index (κ3) is 9.32. The molecule has 0 aromatic carbocycles. The summed E-state index contributed by atoms with van der Waals surface area (Å²) in [7, 11) is -5.11. The zero-order valence-corrected chi connectivity index (χ0v) is 8.05. The Morgan fingerprint density at radius 3 is 1.78 bits per heavy atom. The van der Waals surface area contributed by atoms with Crippen molar-refractivity contribution in [1.82, 2.24) is 0 Å². The van der Waals surface area contributed by atoms with Crippen molar-refractivity contribution < 1.29 is 13.0 Å². The first-order valence-corrected chi connectivity index (χ1v) is 8.14. The Hall–Kier alpha value is 1.32. The number of hydrogen-bond acceptors (Lipinski definition) is 2. The van der Waals surface area contributed by atoms with Crippen LogP contribution >= 0.6 is 35.0 Å². The number of halogens is 4. The lowest BCUT2D eigenvalue weighted by atomic mass is 11.9. The Morgan fingerprint density at radius 2 is 1.78 bits per heavy atom. The fraction of sp³-hybridized carbons (Fsp3) is 1.00. The minimum Gasteiger partial charge on any atom is -0.250 e. The molecule has 0 aliphatic carbocycles. The van der Waals surface area contributed by atoms with Gasteiger partial charge in [-0.1, -0.05) is 34.3 Å². The Balaban J connectivity index is 4.07. The third-order valence-electron chi connectivity index (χ3n) is 0.329. The molecule has 0 unspecified atom stereocenters. The Morgan fingerprint density at radius 1 is 1.44 bits per heavy atom. The summed E-state index contributed by atoms with van der Waals surface area (Å²) >= 11 is 14.3. The van der Waals surface area contributed by atoms with Gasteiger partial charge in [-0.15, -0.1) is 0 Å². The van der Waals surface area contributed by atoms with Gasteiger partial charge < -0.3 is 0 Å². The Bertz CT molecular complexity index is 163. The van der Waals surface area contributed by atoms with Gasteiger partial charge in [0.15, 0.2) is 0 Å². The van der Waals surface area contributed by atoms with Crippen LogP contribution in [0, 0.1) is 0 Å². The molecule has 0 spiro atoms. The molecule has 0 aliphatic rings. The summed E-state index contributed by atoms with van der Waals surface area (Å²) in [5, 5.41) is 0. The zero-order valence-electron chi connectivity index (χ0n) is 3.93. The van der Waals surface area contributed by atoms with Crippen molar-refractivity contribution in [2.24, 2.45) is 0 Å². The van der Waals surface area contributed by atoms with Crippen molar-refractivity contribution in [2.45, 2.75) is 0 Å². The second-order valence-electron chi connectivity index (χ2n) is 1.28. The second kappa shape index (κ2) is 3.15. The summed E-state index contributed by atoms with van der Waals surface area (Å²) in [6.45, 7) is 0. The Kier molecular flexibility index (Phi) is 3.61. The summed E-state index contributed by atoms with van der Waals surface area (Å²) in [5.41, 5.74) is 0. The van der Waals surface area contributed by atoms with Crippen LogP contribution in [0.2, 0.25) is 0 Å². The lowest BCUT2D eigenvalue weighted by Gasteiger charge is -2.01. The van der Waals surface area contributed by atoms with E-state index in [-0.39, 0.29) is 0 Å². The first kappa shape index (κ1) is 10.3. The predicted octanol–water partition coefficient (Wildman–Crippen LogP) is 3.86. The SMILES string of the molecule is O=P(F)(F)CP(=S)(Cl)Cl. The van der Waals surface area contributed by atoms with Gasteiger partial charge in [-0.3, -0.25) is 0 Å². The van der Waals surface area contributed by atoms with E-state index in [1.165, 1.54) is 0 Å². The van der Waals surface area contributed by atoms with Gasteiger partial charge in [0.2, 0.25) is 0 Å². The lowest BCUT2D eigenvalue weighted by molar-refractivity contribution is 0.500. The minimum absolute atomic E-state index is 1.03. The predicted molar refractivity (Wildman–Crippen MR) is 40.7 cm³/mol. The van der Waals surface area contributed by atoms with E-state index in [4.69, 9.17) is 22.5 Å². The van der Waals surface area contributed by atoms with E-state index in [1.807, 2.05) is 0 Å². The maximum atomic E-state index is 11.6. The molecule has 0 amide bonds. The molecule has 0 aliphatic heterocycles. The largest absolute Gasteiger partial charge is 0.409 e. The van der Waals surface area contributed by atoms with Crippen LogP contribution < -0.4 is 0 Å². The minimum atomic E-state index is -5.11. The van der Waals surface area contributed by atoms with Crippen LogP contribution in [0.1, 0.15) is 0 Å². The highest BCUT2D eigenvalue weighted by molar-refractivity contribution is 8.40. The first-order valence-electron chi connectivity index (χ1n) is 1.67. The third-order valence-corrected chi connectivity index (χ3v) is 5.93. The monoisotopic (exact) mass is 232 g/mol. The van der Waals surface area contributed by atoms with Gasteiger partial charge in [-0.25, -0.2) is 4.57 Å². The molecule has 0 bridgehead atoms. The molecule has 8 heteroatoms. The van der Waals surface area contributed by atoms with Crippen molar-refractivity contribution in [3.05, 3.63) is 0 Å². The van der Waals surface area contributed by atoms with Crippen LogP contribution in [0.4, 0.5) is 8.39 Å². The lowest BCUT2D eigenvalue weighted by Crippen LogP contribution is -1.69. The molecular formula is CH2Cl2F2OP2S. The maximum Gasteiger partial charge on any atom is 0.409 e. The standard InChI is InChI=1S/CH2Cl2F2OP2S/c2-7(3,9)1-8(4,5)6/h1H2. The summed E-state index contributed by atoms with van der Waals surface area (Å²) in [4.78, 5) is 0. The van der Waals surface area contributed by atoms with Crippen LogP contribution in [0.25, 0.3) is 0 Å². The van der Waals surface area contributed by atoms with Gasteiger partial charge in [0.25, 0.3) is 0 Å². The normalized spacial score (nSPS) is 13.8. The van der Waals surface area contributed by atoms with Crippen LogP contribution in [-0.2, 0) is 16.4 Å². The molecule has 9 heavy (non-hydrogen) atoms. The molecule has 0 heterocycles. The molecule has 0 saturated carbocycles. The van der Waals surface area contributed by atoms with E-state index in [0.29, 0.717) is 0 Å². The van der Waals surface area contributed by atoms with Crippen LogP contribution in [0.3, 0.4) is 0 Å². The summed E-state index contributed by atoms with van der Waals surface area (Å²) in [5.74, 6) is -1.03. The molecule has 0 fully saturated rings. The van der Waals surface area contributed by atoms with Crippen molar-refractivity contribution >= 4 is 46.8 Å². The van der Waals surface area contributed by atoms with E-state index in [0.717, 1.165) is 0 Å². The van der Waals surface area contributed by atoms with Gasteiger partial charge in [0.05, 0.1) is 0 Å². The first-order chi connectivity index (χ1) is 3.71. The maximum absolute atomic E-state index is 11.6. The van der Waals surface area contributed by atoms with Crippen LogP contribution in [0.15, 0.2) is 0 Å². The second-order valence-corrected chi connectivity index (χ2v) is 11.7. The van der Waals surface area contributed by atoms with E-state index in [9.17, 15) is 13.0 Å². The molecule has 0 saturated heterocycles. The summed E-state index contributed by atoms with van der Waals surface area (Å²) in [6, 6.07) is 0. The van der Waals surface area contributed by atoms with Crippen LogP contribution in [-0.4, -0.2) is 5.90 Å². The molecule has 0 aromatic rings. The molecule has 0 N–H and O–H groups in total. The quantitative estimate of drug-likeness (QED) is 0.673. The van der Waals surface area contributed by atoms with Gasteiger partial charge in [0.1, 0.15) is 10.6 Å². The van der Waals surface area contributed by atoms with Crippen molar-refractivity contribution in [1.29, 1.82) is 0 Å². The topological polar surface area (TPSA) is 17.1 Å². The van der Waals surface area contributed by atoms with E-state index < -0.39 is 18.4 Å². The molecule has 0 radical (unpaired) electrons. The molecule has 0 aromatic heterocycles. The molecule has 0 atom stereocenters. The van der Waals surface area contributed by atoms with E-state index in [1.54, 1.807) is 0 Å². The zero-order chi connectivity index (χ0) is 7.71. The molecule has 1 nitrogen and oxygen atoms in total. The molecular weight excluding hydrogens is 231 g/mol. The smallest absolute Gasteiger partial charge is 0.250 e. The Labute approximate surface area is 65.9 Å². The van der Waals surface area contributed by atoms with Gasteiger partial charge in [0, 0.05) is 0 Å². The van der Waals surface area contributed by atoms with Crippen molar-refractivity contribution in [3.63, 3.8) is 0 Å². The number of rotatable bonds is 2. The van der Waals surface area contributed by atoms with E-state index >= 15 is 0 Å². The van der Waals surface area contributed by atoms with E-state index in [2.05, 4.69) is 11.8 Å². The van der Waals surface area contributed by atoms with Gasteiger partial charge in [-0.2, -0.15) is 8.39 Å². The highest BCUT2D eigenvalue weighted by atomic mass is 35.9. The van der Waals surface area contributed by atoms with Gasteiger partial charge >= 0.3 is 7.76 Å². The fourth-order valence-corrected chi connectivity index (χ4v) is 5.18. The van der Waals surface area contributed by atoms with Crippen LogP contribution in [0.5, 0.6) is 0 Å². The summed E-state index contributed by atoms with van der Waals surface area (Å²) < 4.78 is 29.8. The molecule has 0 rings (SSSR count). The number of hydrogen-bond donors (Lipinski definition) is 0. The summed E-state index contributed by atoms with van der Waals surface area (Å²) in [6.07, 6.45) is 0.